The van der Waals surface area contributed by atoms with E-state index in [1.165, 1.54) is 6.07 Å². The molecule has 31 heavy (non-hydrogen) atoms. The Morgan fingerprint density at radius 3 is 2.03 bits per heavy atom. The lowest BCUT2D eigenvalue weighted by atomic mass is 10.0. The number of phenolic OH excluding ortho intramolecular Hbond substituents is 4. The zero-order valence-corrected chi connectivity index (χ0v) is 15.2. The predicted octanol–water partition coefficient (Wildman–Crippen LogP) is 3.12. The van der Waals surface area contributed by atoms with E-state index < -0.39 is 39.6 Å². The van der Waals surface area contributed by atoms with E-state index >= 15 is 0 Å². The second-order valence-corrected chi connectivity index (χ2v) is 6.72. The number of hydrogen-bond donors (Lipinski definition) is 5. The molecule has 0 bridgehead atoms. The summed E-state index contributed by atoms with van der Waals surface area (Å²) in [5.41, 5.74) is -2.94. The van der Waals surface area contributed by atoms with Crippen LogP contribution in [0, 0.1) is 0 Å². The minimum absolute atomic E-state index is 0.148. The van der Waals surface area contributed by atoms with Crippen molar-refractivity contribution >= 4 is 33.1 Å². The largest absolute Gasteiger partial charge is 0.536 e. The van der Waals surface area contributed by atoms with E-state index in [1.807, 2.05) is 0 Å². The summed E-state index contributed by atoms with van der Waals surface area (Å²) in [6.45, 7) is 0. The first-order chi connectivity index (χ1) is 14.8. The third kappa shape index (κ3) is 2.55. The second kappa shape index (κ2) is 6.13. The fourth-order valence-corrected chi connectivity index (χ4v) is 3.55. The zero-order valence-electron chi connectivity index (χ0n) is 15.2. The summed E-state index contributed by atoms with van der Waals surface area (Å²) in [7, 11) is 0. The molecule has 10 nitrogen and oxygen atoms in total. The lowest BCUT2D eigenvalue weighted by molar-refractivity contribution is 0.441. The molecule has 0 saturated carbocycles. The van der Waals surface area contributed by atoms with Crippen molar-refractivity contribution in [3.8, 4) is 39.9 Å². The van der Waals surface area contributed by atoms with E-state index in [0.29, 0.717) is 0 Å². The van der Waals surface area contributed by atoms with Crippen LogP contribution in [0.4, 0.5) is 0 Å². The van der Waals surface area contributed by atoms with Gasteiger partial charge in [-0.05, 0) is 0 Å². The highest BCUT2D eigenvalue weighted by Crippen LogP contribution is 2.41. The molecule has 0 aliphatic heterocycles. The third-order valence-electron chi connectivity index (χ3n) is 4.82. The van der Waals surface area contributed by atoms with Gasteiger partial charge in [0.1, 0.15) is 50.7 Å². The van der Waals surface area contributed by atoms with E-state index in [9.17, 15) is 35.1 Å². The van der Waals surface area contributed by atoms with Crippen LogP contribution in [-0.4, -0.2) is 25.5 Å². The number of phenols is 4. The molecule has 0 amide bonds. The number of hydrogen-bond acceptors (Lipinski definition) is 9. The maximum Gasteiger partial charge on any atom is 0.536 e. The van der Waals surface area contributed by atoms with E-state index in [0.717, 1.165) is 30.5 Å². The van der Waals surface area contributed by atoms with Crippen LogP contribution in [0.1, 0.15) is 0 Å². The van der Waals surface area contributed by atoms with Gasteiger partial charge in [-0.1, -0.05) is 0 Å². The SMILES string of the molecule is O=c1oc2cc(O)cc(O)c2c(O)c1-c1cc[o+]c2oc3cc(O)cc(O)c3c(=O)c12. The molecule has 0 fully saturated rings. The molecule has 154 valence electrons. The molecule has 10 heteroatoms. The maximum absolute atomic E-state index is 13.2. The minimum Gasteiger partial charge on any atom is -0.508 e. The lowest BCUT2D eigenvalue weighted by Crippen LogP contribution is -2.09. The van der Waals surface area contributed by atoms with Crippen LogP contribution in [0.5, 0.6) is 28.7 Å². The maximum atomic E-state index is 13.2. The van der Waals surface area contributed by atoms with Gasteiger partial charge in [0.05, 0.1) is 6.07 Å². The van der Waals surface area contributed by atoms with E-state index in [-0.39, 0.29) is 44.4 Å². The van der Waals surface area contributed by atoms with Crippen LogP contribution < -0.4 is 11.1 Å². The van der Waals surface area contributed by atoms with Gasteiger partial charge in [-0.25, -0.2) is 4.79 Å². The van der Waals surface area contributed by atoms with Crippen LogP contribution in [-0.2, 0) is 0 Å². The summed E-state index contributed by atoms with van der Waals surface area (Å²) in [5.74, 6) is -2.93. The van der Waals surface area contributed by atoms with Gasteiger partial charge in [0.2, 0.25) is 11.7 Å². The standard InChI is InChI=1S/C21H10O10/c22-7-3-10(24)16-12(5-7)30-20(28)14(18(16)26)9-1-2-29-21-15(9)19(27)17-11(25)4-8(23)6-13(17)31-21/h1-6H,(H4-,22,23,24,25,26,27,28)/p+1. The monoisotopic (exact) mass is 423 g/mol. The summed E-state index contributed by atoms with van der Waals surface area (Å²) in [6, 6.07) is 5.22. The van der Waals surface area contributed by atoms with Gasteiger partial charge in [-0.2, -0.15) is 0 Å². The fraction of sp³-hybridized carbons (Fsp3) is 0. The normalized spacial score (nSPS) is 11.5. The summed E-state index contributed by atoms with van der Waals surface area (Å²) in [4.78, 5) is 25.8. The molecule has 3 heterocycles. The van der Waals surface area contributed by atoms with E-state index in [1.54, 1.807) is 0 Å². The van der Waals surface area contributed by atoms with Crippen LogP contribution in [0.3, 0.4) is 0 Å². The Hall–Kier alpha value is -4.73. The van der Waals surface area contributed by atoms with Crippen molar-refractivity contribution in [2.45, 2.75) is 0 Å². The van der Waals surface area contributed by atoms with Crippen molar-refractivity contribution in [3.05, 3.63) is 57.2 Å². The van der Waals surface area contributed by atoms with Crippen LogP contribution in [0.15, 0.2) is 59.4 Å². The Bertz CT molecular complexity index is 1680. The molecule has 5 aromatic rings. The molecule has 0 saturated heterocycles. The molecule has 5 N–H and O–H groups in total. The first-order valence-electron chi connectivity index (χ1n) is 8.71. The van der Waals surface area contributed by atoms with Gasteiger partial charge >= 0.3 is 11.4 Å². The molecule has 5 rings (SSSR count). The molecule has 3 aromatic heterocycles. The van der Waals surface area contributed by atoms with Crippen molar-refractivity contribution < 1.29 is 38.8 Å². The molecular formula is C21H11O10+. The topological polar surface area (TPSA) is 173 Å². The van der Waals surface area contributed by atoms with Crippen LogP contribution >= 0.6 is 0 Å². The van der Waals surface area contributed by atoms with Gasteiger partial charge in [0.25, 0.3) is 5.58 Å². The van der Waals surface area contributed by atoms with Gasteiger partial charge in [-0.15, -0.1) is 0 Å². The Kier molecular flexibility index (Phi) is 3.62. The van der Waals surface area contributed by atoms with Crippen molar-refractivity contribution in [2.24, 2.45) is 0 Å². The summed E-state index contributed by atoms with van der Waals surface area (Å²) in [5, 5.41) is 49.4. The van der Waals surface area contributed by atoms with Gasteiger partial charge < -0.3 is 29.9 Å². The number of rotatable bonds is 1. The van der Waals surface area contributed by atoms with Crippen molar-refractivity contribution in [2.75, 3.05) is 0 Å². The van der Waals surface area contributed by atoms with Crippen LogP contribution in [0.25, 0.3) is 44.2 Å². The van der Waals surface area contributed by atoms with Crippen molar-refractivity contribution in [1.82, 2.24) is 0 Å². The minimum atomic E-state index is -1.07. The molecule has 0 unspecified atom stereocenters. The smallest absolute Gasteiger partial charge is 0.508 e. The second-order valence-electron chi connectivity index (χ2n) is 6.72. The molecule has 0 aliphatic rings. The predicted molar refractivity (Wildman–Crippen MR) is 106 cm³/mol. The average molecular weight is 423 g/mol. The number of aromatic hydroxyl groups is 5. The summed E-state index contributed by atoms with van der Waals surface area (Å²) in [6.07, 6.45) is 1.09. The number of benzene rings is 2. The highest BCUT2D eigenvalue weighted by atomic mass is 16.5. The van der Waals surface area contributed by atoms with Gasteiger partial charge in [-0.3, -0.25) is 13.6 Å². The molecule has 0 aliphatic carbocycles. The Morgan fingerprint density at radius 2 is 1.35 bits per heavy atom. The highest BCUT2D eigenvalue weighted by molar-refractivity contribution is 6.03. The highest BCUT2D eigenvalue weighted by Gasteiger charge is 2.28. The Morgan fingerprint density at radius 1 is 0.742 bits per heavy atom. The van der Waals surface area contributed by atoms with E-state index in [2.05, 4.69) is 0 Å². The Labute approximate surface area is 169 Å². The Balaban J connectivity index is 1.97. The van der Waals surface area contributed by atoms with Crippen molar-refractivity contribution in [1.29, 1.82) is 0 Å². The first-order valence-corrected chi connectivity index (χ1v) is 8.71. The molecule has 0 atom stereocenters. The summed E-state index contributed by atoms with van der Waals surface area (Å²) < 4.78 is 15.8. The van der Waals surface area contributed by atoms with Crippen molar-refractivity contribution in [3.63, 3.8) is 0 Å². The lowest BCUT2D eigenvalue weighted by Gasteiger charge is -2.08. The van der Waals surface area contributed by atoms with Gasteiger partial charge in [0, 0.05) is 29.8 Å². The molecule has 0 radical (unpaired) electrons. The zero-order chi connectivity index (χ0) is 22.0. The first kappa shape index (κ1) is 18.3. The molecular weight excluding hydrogens is 412 g/mol. The summed E-state index contributed by atoms with van der Waals surface area (Å²) >= 11 is 0. The van der Waals surface area contributed by atoms with Gasteiger partial charge in [0.15, 0.2) is 5.39 Å². The quantitative estimate of drug-likeness (QED) is 0.153. The van der Waals surface area contributed by atoms with E-state index in [4.69, 9.17) is 13.3 Å². The molecule has 0 spiro atoms. The fourth-order valence-electron chi connectivity index (χ4n) is 3.55. The third-order valence-corrected chi connectivity index (χ3v) is 4.82. The van der Waals surface area contributed by atoms with Crippen LogP contribution in [0.2, 0.25) is 0 Å². The average Bonchev–Trinajstić information content (AvgIpc) is 2.66. The molecule has 2 aromatic carbocycles. The number of fused-ring (bicyclic) bond motifs is 3.